The predicted octanol–water partition coefficient (Wildman–Crippen LogP) is 3.60. The number of ether oxygens (including phenoxy) is 1. The number of carbonyl (C=O) groups is 1. The lowest BCUT2D eigenvalue weighted by Crippen LogP contribution is -2.28. The minimum Gasteiger partial charge on any atom is -0.497 e. The molecule has 1 amide bonds. The summed E-state index contributed by atoms with van der Waals surface area (Å²) in [5.41, 5.74) is 1.76. The number of thioether (sulfide) groups is 1. The average Bonchev–Trinajstić information content (AvgIpc) is 3.07. The van der Waals surface area contributed by atoms with Gasteiger partial charge < -0.3 is 14.6 Å². The number of hydrogen-bond donors (Lipinski definition) is 1. The smallest absolute Gasteiger partial charge is 0.230 e. The molecule has 1 unspecified atom stereocenters. The van der Waals surface area contributed by atoms with Gasteiger partial charge in [0, 0.05) is 12.6 Å². The van der Waals surface area contributed by atoms with Gasteiger partial charge in [-0.2, -0.15) is 0 Å². The van der Waals surface area contributed by atoms with E-state index < -0.39 is 0 Å². The third-order valence-corrected chi connectivity index (χ3v) is 5.28. The summed E-state index contributed by atoms with van der Waals surface area (Å²) in [7, 11) is 3.48. The van der Waals surface area contributed by atoms with Gasteiger partial charge in [-0.05, 0) is 48.9 Å². The van der Waals surface area contributed by atoms with Crippen LogP contribution in [0.5, 0.6) is 5.75 Å². The molecule has 1 heterocycles. The molecular formula is C20H21FN4O2S. The van der Waals surface area contributed by atoms with Gasteiger partial charge in [0.05, 0.1) is 18.9 Å². The van der Waals surface area contributed by atoms with Crippen LogP contribution in [0.25, 0.3) is 11.4 Å². The van der Waals surface area contributed by atoms with Crippen molar-refractivity contribution in [1.29, 1.82) is 0 Å². The van der Waals surface area contributed by atoms with Crippen molar-refractivity contribution in [1.82, 2.24) is 20.1 Å². The molecule has 2 aromatic carbocycles. The zero-order valence-electron chi connectivity index (χ0n) is 15.8. The highest BCUT2D eigenvalue weighted by atomic mass is 32.2. The number of aromatic nitrogens is 3. The van der Waals surface area contributed by atoms with Crippen molar-refractivity contribution in [2.75, 3.05) is 12.9 Å². The maximum Gasteiger partial charge on any atom is 0.230 e. The zero-order chi connectivity index (χ0) is 20.1. The Hall–Kier alpha value is -2.87. The minimum absolute atomic E-state index is 0.129. The van der Waals surface area contributed by atoms with Crippen molar-refractivity contribution in [2.45, 2.75) is 18.1 Å². The lowest BCUT2D eigenvalue weighted by atomic mass is 10.1. The quantitative estimate of drug-likeness (QED) is 0.614. The van der Waals surface area contributed by atoms with E-state index in [9.17, 15) is 9.18 Å². The number of nitrogens with one attached hydrogen (secondary N) is 1. The van der Waals surface area contributed by atoms with Gasteiger partial charge in [-0.15, -0.1) is 10.2 Å². The summed E-state index contributed by atoms with van der Waals surface area (Å²) in [6, 6.07) is 13.4. The first-order valence-corrected chi connectivity index (χ1v) is 9.68. The third kappa shape index (κ3) is 4.69. The molecule has 0 aliphatic rings. The van der Waals surface area contributed by atoms with E-state index in [2.05, 4.69) is 15.5 Å². The van der Waals surface area contributed by atoms with E-state index in [4.69, 9.17) is 4.74 Å². The van der Waals surface area contributed by atoms with Crippen molar-refractivity contribution < 1.29 is 13.9 Å². The number of amides is 1. The molecule has 0 bridgehead atoms. The summed E-state index contributed by atoms with van der Waals surface area (Å²) >= 11 is 1.31. The van der Waals surface area contributed by atoms with Gasteiger partial charge in [-0.1, -0.05) is 23.9 Å². The van der Waals surface area contributed by atoms with Gasteiger partial charge in [0.1, 0.15) is 11.6 Å². The topological polar surface area (TPSA) is 69.0 Å². The monoisotopic (exact) mass is 400 g/mol. The summed E-state index contributed by atoms with van der Waals surface area (Å²) in [4.78, 5) is 12.2. The molecule has 1 atom stereocenters. The summed E-state index contributed by atoms with van der Waals surface area (Å²) < 4.78 is 20.0. The van der Waals surface area contributed by atoms with Crippen LogP contribution < -0.4 is 10.1 Å². The SMILES string of the molecule is COc1ccc(-c2nnc(SCC(=O)NC(C)c3ccc(F)cc3)n2C)cc1. The van der Waals surface area contributed by atoms with Crippen molar-refractivity contribution >= 4 is 17.7 Å². The van der Waals surface area contributed by atoms with E-state index in [1.165, 1.54) is 23.9 Å². The summed E-state index contributed by atoms with van der Waals surface area (Å²) in [6.45, 7) is 1.86. The first-order valence-electron chi connectivity index (χ1n) is 8.69. The van der Waals surface area contributed by atoms with Gasteiger partial charge in [0.25, 0.3) is 0 Å². The molecule has 1 N–H and O–H groups in total. The Kier molecular flexibility index (Phi) is 6.30. The fourth-order valence-corrected chi connectivity index (χ4v) is 3.40. The lowest BCUT2D eigenvalue weighted by Gasteiger charge is -2.14. The Bertz CT molecular complexity index is 942. The Morgan fingerprint density at radius 1 is 1.18 bits per heavy atom. The van der Waals surface area contributed by atoms with Crippen molar-refractivity contribution in [2.24, 2.45) is 7.05 Å². The van der Waals surface area contributed by atoms with Gasteiger partial charge in [-0.25, -0.2) is 4.39 Å². The molecule has 0 spiro atoms. The summed E-state index contributed by atoms with van der Waals surface area (Å²) in [5, 5.41) is 11.9. The maximum absolute atomic E-state index is 13.0. The van der Waals surface area contributed by atoms with Crippen LogP contribution in [0.2, 0.25) is 0 Å². The van der Waals surface area contributed by atoms with E-state index >= 15 is 0 Å². The van der Waals surface area contributed by atoms with Gasteiger partial charge in [0.2, 0.25) is 5.91 Å². The first-order chi connectivity index (χ1) is 13.5. The largest absolute Gasteiger partial charge is 0.497 e. The van der Waals surface area contributed by atoms with Gasteiger partial charge >= 0.3 is 0 Å². The number of methoxy groups -OCH3 is 1. The van der Waals surface area contributed by atoms with Crippen LogP contribution in [0, 0.1) is 5.82 Å². The number of carbonyl (C=O) groups excluding carboxylic acids is 1. The molecular weight excluding hydrogens is 379 g/mol. The molecule has 6 nitrogen and oxygen atoms in total. The van der Waals surface area contributed by atoms with Crippen molar-refractivity contribution in [3.63, 3.8) is 0 Å². The molecule has 3 rings (SSSR count). The number of hydrogen-bond acceptors (Lipinski definition) is 5. The Balaban J connectivity index is 1.59. The number of rotatable bonds is 7. The van der Waals surface area contributed by atoms with E-state index in [1.807, 2.05) is 42.8 Å². The van der Waals surface area contributed by atoms with Crippen molar-refractivity contribution in [3.05, 3.63) is 59.9 Å². The Labute approximate surface area is 167 Å². The van der Waals surface area contributed by atoms with Crippen LogP contribution in [-0.2, 0) is 11.8 Å². The highest BCUT2D eigenvalue weighted by molar-refractivity contribution is 7.99. The van der Waals surface area contributed by atoms with Crippen LogP contribution in [0.15, 0.2) is 53.7 Å². The fourth-order valence-electron chi connectivity index (χ4n) is 2.68. The molecule has 0 aliphatic carbocycles. The molecule has 0 saturated carbocycles. The Morgan fingerprint density at radius 3 is 2.50 bits per heavy atom. The highest BCUT2D eigenvalue weighted by Gasteiger charge is 2.15. The van der Waals surface area contributed by atoms with E-state index in [-0.39, 0.29) is 23.5 Å². The van der Waals surface area contributed by atoms with Crippen LogP contribution >= 0.6 is 11.8 Å². The summed E-state index contributed by atoms with van der Waals surface area (Å²) in [6.07, 6.45) is 0. The third-order valence-electron chi connectivity index (χ3n) is 4.26. The predicted molar refractivity (Wildman–Crippen MR) is 107 cm³/mol. The fraction of sp³-hybridized carbons (Fsp3) is 0.250. The average molecular weight is 400 g/mol. The lowest BCUT2D eigenvalue weighted by molar-refractivity contribution is -0.119. The molecule has 0 radical (unpaired) electrons. The van der Waals surface area contributed by atoms with Crippen molar-refractivity contribution in [3.8, 4) is 17.1 Å². The van der Waals surface area contributed by atoms with Gasteiger partial charge in [-0.3, -0.25) is 4.79 Å². The molecule has 3 aromatic rings. The second-order valence-corrected chi connectivity index (χ2v) is 7.17. The van der Waals surface area contributed by atoms with Gasteiger partial charge in [0.15, 0.2) is 11.0 Å². The second-order valence-electron chi connectivity index (χ2n) is 6.22. The van der Waals surface area contributed by atoms with Crippen LogP contribution in [-0.4, -0.2) is 33.5 Å². The maximum atomic E-state index is 13.0. The molecule has 8 heteroatoms. The number of benzene rings is 2. The zero-order valence-corrected chi connectivity index (χ0v) is 16.7. The molecule has 0 saturated heterocycles. The highest BCUT2D eigenvalue weighted by Crippen LogP contribution is 2.24. The van der Waals surface area contributed by atoms with Crippen LogP contribution in [0.3, 0.4) is 0 Å². The standard InChI is InChI=1S/C20H21FN4O2S/c1-13(14-4-8-16(21)9-5-14)22-18(26)12-28-20-24-23-19(25(20)2)15-6-10-17(27-3)11-7-15/h4-11,13H,12H2,1-3H3,(H,22,26). The second kappa shape index (κ2) is 8.88. The minimum atomic E-state index is -0.298. The number of nitrogens with zero attached hydrogens (tertiary/aromatic N) is 3. The van der Waals surface area contributed by atoms with Crippen LogP contribution in [0.1, 0.15) is 18.5 Å². The van der Waals surface area contributed by atoms with E-state index in [0.29, 0.717) is 11.0 Å². The molecule has 1 aromatic heterocycles. The first kappa shape index (κ1) is 19.9. The Morgan fingerprint density at radius 2 is 1.86 bits per heavy atom. The molecule has 28 heavy (non-hydrogen) atoms. The molecule has 0 fully saturated rings. The summed E-state index contributed by atoms with van der Waals surface area (Å²) in [5.74, 6) is 1.27. The number of halogens is 1. The normalized spacial score (nSPS) is 11.9. The van der Waals surface area contributed by atoms with E-state index in [0.717, 1.165) is 16.9 Å². The molecule has 146 valence electrons. The molecule has 0 aliphatic heterocycles. The van der Waals surface area contributed by atoms with Crippen LogP contribution in [0.4, 0.5) is 4.39 Å². The van der Waals surface area contributed by atoms with E-state index in [1.54, 1.807) is 19.2 Å².